The molecule has 0 saturated carbocycles. The monoisotopic (exact) mass is 335 g/mol. The van der Waals surface area contributed by atoms with E-state index in [0.717, 1.165) is 0 Å². The Hall–Kier alpha value is -3.34. The lowest BCUT2D eigenvalue weighted by atomic mass is 9.87. The van der Waals surface area contributed by atoms with Crippen molar-refractivity contribution in [2.75, 3.05) is 14.2 Å². The normalized spacial score (nSPS) is 14.0. The molecule has 1 aliphatic rings. The Kier molecular flexibility index (Phi) is 4.39. The molecule has 126 valence electrons. The minimum absolute atomic E-state index is 0.0539. The Labute approximate surface area is 145 Å². The summed E-state index contributed by atoms with van der Waals surface area (Å²) in [6, 6.07) is 12.1. The van der Waals surface area contributed by atoms with E-state index in [0.29, 0.717) is 28.2 Å². The maximum Gasteiger partial charge on any atom is 0.210 e. The highest BCUT2D eigenvalue weighted by Gasteiger charge is 2.29. The number of ketones is 2. The van der Waals surface area contributed by atoms with Gasteiger partial charge in [0.2, 0.25) is 5.78 Å². The van der Waals surface area contributed by atoms with Crippen molar-refractivity contribution in [3.8, 4) is 11.5 Å². The summed E-state index contributed by atoms with van der Waals surface area (Å²) < 4.78 is 10.6. The van der Waals surface area contributed by atoms with Crippen LogP contribution in [0.5, 0.6) is 11.5 Å². The molecule has 0 aromatic heterocycles. The van der Waals surface area contributed by atoms with E-state index in [1.807, 2.05) is 12.1 Å². The van der Waals surface area contributed by atoms with E-state index in [4.69, 9.17) is 15.2 Å². The number of Topliss-reactive ketones (excluding diaryl/α,β-unsaturated/α-hetero) is 2. The van der Waals surface area contributed by atoms with Crippen LogP contribution in [0.25, 0.3) is 6.08 Å². The molecule has 0 fully saturated rings. The maximum atomic E-state index is 12.7. The zero-order valence-electron chi connectivity index (χ0n) is 13.9. The fourth-order valence-electron chi connectivity index (χ4n) is 2.80. The van der Waals surface area contributed by atoms with E-state index in [-0.39, 0.29) is 22.8 Å². The molecule has 0 atom stereocenters. The van der Waals surface area contributed by atoms with Gasteiger partial charge in [-0.15, -0.1) is 0 Å². The number of rotatable bonds is 4. The average molecular weight is 335 g/mol. The molecule has 0 radical (unpaired) electrons. The van der Waals surface area contributed by atoms with Crippen LogP contribution in [0.2, 0.25) is 0 Å². The van der Waals surface area contributed by atoms with Gasteiger partial charge in [0.05, 0.1) is 19.9 Å². The van der Waals surface area contributed by atoms with Crippen molar-refractivity contribution in [3.05, 3.63) is 76.5 Å². The van der Waals surface area contributed by atoms with Crippen molar-refractivity contribution in [2.45, 2.75) is 0 Å². The topological polar surface area (TPSA) is 78.6 Å². The molecular weight excluding hydrogens is 318 g/mol. The highest BCUT2D eigenvalue weighted by Crippen LogP contribution is 2.32. The number of allylic oxidation sites excluding steroid dienone is 3. The fourth-order valence-corrected chi connectivity index (χ4v) is 2.80. The van der Waals surface area contributed by atoms with E-state index in [1.54, 1.807) is 49.6 Å². The van der Waals surface area contributed by atoms with Gasteiger partial charge in [-0.2, -0.15) is 0 Å². The SMILES string of the molecule is COc1cccc(/C=C/C2=C(N)C(=O)c3ccccc3C2=O)c1OC. The van der Waals surface area contributed by atoms with Crippen LogP contribution in [0.15, 0.2) is 59.8 Å². The number of carbonyl (C=O) groups is 2. The van der Waals surface area contributed by atoms with Crippen molar-refractivity contribution in [1.82, 2.24) is 0 Å². The first kappa shape index (κ1) is 16.5. The van der Waals surface area contributed by atoms with Gasteiger partial charge in [0.15, 0.2) is 17.3 Å². The molecule has 0 unspecified atom stereocenters. The zero-order chi connectivity index (χ0) is 18.0. The van der Waals surface area contributed by atoms with Gasteiger partial charge in [-0.1, -0.05) is 42.5 Å². The summed E-state index contributed by atoms with van der Waals surface area (Å²) in [7, 11) is 3.08. The highest BCUT2D eigenvalue weighted by molar-refractivity contribution is 6.27. The van der Waals surface area contributed by atoms with Crippen LogP contribution in [0.1, 0.15) is 26.3 Å². The molecule has 0 aliphatic heterocycles. The molecule has 0 heterocycles. The molecule has 2 N–H and O–H groups in total. The second-order valence-corrected chi connectivity index (χ2v) is 5.45. The predicted molar refractivity (Wildman–Crippen MR) is 94.9 cm³/mol. The number of hydrogen-bond acceptors (Lipinski definition) is 5. The molecule has 5 heteroatoms. The quantitative estimate of drug-likeness (QED) is 0.929. The molecular formula is C20H17NO4. The van der Waals surface area contributed by atoms with E-state index >= 15 is 0 Å². The number of carbonyl (C=O) groups excluding carboxylic acids is 2. The molecule has 0 amide bonds. The smallest absolute Gasteiger partial charge is 0.210 e. The molecule has 0 saturated heterocycles. The summed E-state index contributed by atoms with van der Waals surface area (Å²) in [5.74, 6) is 0.497. The van der Waals surface area contributed by atoms with Gasteiger partial charge in [0.25, 0.3) is 0 Å². The molecule has 0 bridgehead atoms. The summed E-state index contributed by atoms with van der Waals surface area (Å²) in [6.45, 7) is 0. The minimum atomic E-state index is -0.340. The van der Waals surface area contributed by atoms with Gasteiger partial charge >= 0.3 is 0 Å². The fraction of sp³-hybridized carbons (Fsp3) is 0.100. The molecule has 2 aromatic carbocycles. The molecule has 2 aromatic rings. The van der Waals surface area contributed by atoms with Gasteiger partial charge in [-0.05, 0) is 12.1 Å². The Morgan fingerprint density at radius 2 is 1.52 bits per heavy atom. The Bertz CT molecular complexity index is 925. The Morgan fingerprint density at radius 1 is 0.840 bits per heavy atom. The number of fused-ring (bicyclic) bond motifs is 1. The Balaban J connectivity index is 2.04. The third-order valence-electron chi connectivity index (χ3n) is 4.06. The lowest BCUT2D eigenvalue weighted by Crippen LogP contribution is -2.25. The van der Waals surface area contributed by atoms with E-state index in [9.17, 15) is 9.59 Å². The summed E-state index contributed by atoms with van der Waals surface area (Å²) in [5.41, 5.74) is 7.45. The van der Waals surface area contributed by atoms with Crippen molar-refractivity contribution < 1.29 is 19.1 Å². The second-order valence-electron chi connectivity index (χ2n) is 5.45. The van der Waals surface area contributed by atoms with Crippen molar-refractivity contribution in [1.29, 1.82) is 0 Å². The van der Waals surface area contributed by atoms with E-state index in [1.165, 1.54) is 7.11 Å². The second kappa shape index (κ2) is 6.65. The lowest BCUT2D eigenvalue weighted by molar-refractivity contribution is 0.0976. The summed E-state index contributed by atoms with van der Waals surface area (Å²) in [5, 5.41) is 0. The molecule has 25 heavy (non-hydrogen) atoms. The highest BCUT2D eigenvalue weighted by atomic mass is 16.5. The largest absolute Gasteiger partial charge is 0.493 e. The molecule has 1 aliphatic carbocycles. The van der Waals surface area contributed by atoms with Crippen LogP contribution in [-0.2, 0) is 0 Å². The molecule has 5 nitrogen and oxygen atoms in total. The Morgan fingerprint density at radius 3 is 2.16 bits per heavy atom. The van der Waals surface area contributed by atoms with Crippen LogP contribution >= 0.6 is 0 Å². The average Bonchev–Trinajstić information content (AvgIpc) is 2.65. The number of methoxy groups -OCH3 is 2. The van der Waals surface area contributed by atoms with Crippen LogP contribution < -0.4 is 15.2 Å². The van der Waals surface area contributed by atoms with Crippen LogP contribution in [0.4, 0.5) is 0 Å². The van der Waals surface area contributed by atoms with Gasteiger partial charge in [0.1, 0.15) is 0 Å². The first-order valence-corrected chi connectivity index (χ1v) is 7.65. The zero-order valence-corrected chi connectivity index (χ0v) is 13.9. The third kappa shape index (κ3) is 2.80. The first-order chi connectivity index (χ1) is 12.1. The van der Waals surface area contributed by atoms with E-state index in [2.05, 4.69) is 0 Å². The number of nitrogens with two attached hydrogens (primary N) is 1. The number of benzene rings is 2. The number of ether oxygens (including phenoxy) is 2. The van der Waals surface area contributed by atoms with Gasteiger partial charge in [-0.3, -0.25) is 9.59 Å². The summed E-state index contributed by atoms with van der Waals surface area (Å²) in [4.78, 5) is 25.1. The van der Waals surface area contributed by atoms with Crippen molar-refractivity contribution in [3.63, 3.8) is 0 Å². The van der Waals surface area contributed by atoms with Crippen molar-refractivity contribution >= 4 is 17.6 Å². The first-order valence-electron chi connectivity index (χ1n) is 7.65. The van der Waals surface area contributed by atoms with Crippen LogP contribution in [0, 0.1) is 0 Å². The van der Waals surface area contributed by atoms with Crippen molar-refractivity contribution in [2.24, 2.45) is 5.73 Å². The van der Waals surface area contributed by atoms with Gasteiger partial charge < -0.3 is 15.2 Å². The van der Waals surface area contributed by atoms with E-state index < -0.39 is 0 Å². The third-order valence-corrected chi connectivity index (χ3v) is 4.06. The molecule has 0 spiro atoms. The number of hydrogen-bond donors (Lipinski definition) is 1. The van der Waals surface area contributed by atoms with Gasteiger partial charge in [0, 0.05) is 22.3 Å². The minimum Gasteiger partial charge on any atom is -0.493 e. The standard InChI is InChI=1S/C20H17NO4/c1-24-16-9-5-6-12(20(16)25-2)10-11-15-17(21)19(23)14-8-4-3-7-13(14)18(15)22/h3-11H,21H2,1-2H3/b11-10+. The van der Waals surface area contributed by atoms with Crippen LogP contribution in [0.3, 0.4) is 0 Å². The summed E-state index contributed by atoms with van der Waals surface area (Å²) >= 11 is 0. The number of para-hydroxylation sites is 1. The predicted octanol–water partition coefficient (Wildman–Crippen LogP) is 3.01. The molecule has 3 rings (SSSR count). The summed E-state index contributed by atoms with van der Waals surface area (Å²) in [6.07, 6.45) is 3.23. The lowest BCUT2D eigenvalue weighted by Gasteiger charge is -2.16. The van der Waals surface area contributed by atoms with Crippen LogP contribution in [-0.4, -0.2) is 25.8 Å². The maximum absolute atomic E-state index is 12.7. The van der Waals surface area contributed by atoms with Gasteiger partial charge in [-0.25, -0.2) is 0 Å².